The molecule has 0 amide bonds. The number of fused-ring (bicyclic) bond motifs is 2. The topological polar surface area (TPSA) is 0 Å². The summed E-state index contributed by atoms with van der Waals surface area (Å²) < 4.78 is 1.07. The third kappa shape index (κ3) is 2.57. The molecule has 0 heterocycles. The predicted molar refractivity (Wildman–Crippen MR) is 113 cm³/mol. The molecule has 0 nitrogen and oxygen atoms in total. The molecule has 0 aliphatic heterocycles. The maximum absolute atomic E-state index is 6.49. The second kappa shape index (κ2) is 6.04. The van der Waals surface area contributed by atoms with E-state index in [9.17, 15) is 0 Å². The Morgan fingerprint density at radius 2 is 1.12 bits per heavy atom. The molecule has 0 saturated heterocycles. The first-order valence-electron chi connectivity index (χ1n) is 8.75. The molecule has 4 rings (SSSR count). The van der Waals surface area contributed by atoms with E-state index in [1.54, 1.807) is 0 Å². The van der Waals surface area contributed by atoms with Crippen LogP contribution in [0, 0.1) is 0 Å². The van der Waals surface area contributed by atoms with E-state index in [1.165, 1.54) is 33.4 Å². The Hall–Kier alpha value is -0.957. The molecule has 0 N–H and O–H groups in total. The molecular formula is C22H22Cl2Ge. The standard InChI is InChI=1S/C22H22Cl2Ge/c1-13-11-17-15(7-5-9-19(17)23)21(13)25(3,4)22-14(2)12-18-16(22)8-6-10-20(18)24/h5-12,21-22H,1-4H3. The monoisotopic (exact) mass is 430 g/mol. The van der Waals surface area contributed by atoms with Crippen LogP contribution in [0.1, 0.15) is 45.6 Å². The molecule has 2 unspecified atom stereocenters. The van der Waals surface area contributed by atoms with Gasteiger partial charge in [-0.15, -0.1) is 0 Å². The number of benzene rings is 2. The van der Waals surface area contributed by atoms with Gasteiger partial charge < -0.3 is 0 Å². The zero-order valence-electron chi connectivity index (χ0n) is 15.0. The molecule has 0 aromatic heterocycles. The second-order valence-electron chi connectivity index (χ2n) is 7.95. The van der Waals surface area contributed by atoms with Gasteiger partial charge in [0.1, 0.15) is 0 Å². The van der Waals surface area contributed by atoms with Gasteiger partial charge in [0.2, 0.25) is 0 Å². The first-order valence-corrected chi connectivity index (χ1v) is 16.1. The molecule has 2 atom stereocenters. The van der Waals surface area contributed by atoms with Crippen LogP contribution in [0.3, 0.4) is 0 Å². The minimum absolute atomic E-state index is 0.534. The Bertz CT molecular complexity index is 862. The van der Waals surface area contributed by atoms with Crippen molar-refractivity contribution in [3.63, 3.8) is 0 Å². The first-order chi connectivity index (χ1) is 11.8. The van der Waals surface area contributed by atoms with Gasteiger partial charge >= 0.3 is 163 Å². The fourth-order valence-electron chi connectivity index (χ4n) is 5.17. The van der Waals surface area contributed by atoms with Crippen molar-refractivity contribution in [1.29, 1.82) is 0 Å². The summed E-state index contributed by atoms with van der Waals surface area (Å²) in [5.74, 6) is 5.13. The zero-order valence-corrected chi connectivity index (χ0v) is 18.6. The summed E-state index contributed by atoms with van der Waals surface area (Å²) in [5, 5.41) is 1.75. The van der Waals surface area contributed by atoms with Gasteiger partial charge in [-0.3, -0.25) is 0 Å². The van der Waals surface area contributed by atoms with E-state index < -0.39 is 13.3 Å². The van der Waals surface area contributed by atoms with Gasteiger partial charge in [0.25, 0.3) is 0 Å². The molecule has 0 bridgehead atoms. The predicted octanol–water partition coefficient (Wildman–Crippen LogP) is 7.48. The van der Waals surface area contributed by atoms with Crippen molar-refractivity contribution in [3.05, 3.63) is 79.8 Å². The number of rotatable bonds is 2. The molecule has 0 saturated carbocycles. The van der Waals surface area contributed by atoms with Gasteiger partial charge in [-0.2, -0.15) is 0 Å². The molecule has 0 radical (unpaired) electrons. The van der Waals surface area contributed by atoms with Crippen LogP contribution in [-0.2, 0) is 0 Å². The Morgan fingerprint density at radius 1 is 0.720 bits per heavy atom. The van der Waals surface area contributed by atoms with Gasteiger partial charge in [-0.05, 0) is 0 Å². The third-order valence-corrected chi connectivity index (χ3v) is 16.1. The molecule has 128 valence electrons. The van der Waals surface area contributed by atoms with E-state index in [4.69, 9.17) is 23.2 Å². The minimum atomic E-state index is -2.39. The third-order valence-electron chi connectivity index (χ3n) is 5.94. The summed E-state index contributed by atoms with van der Waals surface area (Å²) in [5.41, 5.74) is 8.26. The van der Waals surface area contributed by atoms with Gasteiger partial charge in [0.05, 0.1) is 0 Å². The quantitative estimate of drug-likeness (QED) is 0.434. The summed E-state index contributed by atoms with van der Waals surface area (Å²) >= 11 is 10.6. The number of hydrogen-bond donors (Lipinski definition) is 0. The average molecular weight is 430 g/mol. The molecule has 0 fully saturated rings. The summed E-state index contributed by atoms with van der Waals surface area (Å²) in [6.07, 6.45) is 4.62. The number of halogens is 2. The van der Waals surface area contributed by atoms with Crippen LogP contribution in [0.5, 0.6) is 0 Å². The zero-order chi connectivity index (χ0) is 17.9. The van der Waals surface area contributed by atoms with Gasteiger partial charge in [0.15, 0.2) is 0 Å². The van der Waals surface area contributed by atoms with Crippen molar-refractivity contribution in [3.8, 4) is 0 Å². The molecule has 0 spiro atoms. The van der Waals surface area contributed by atoms with E-state index in [0.29, 0.717) is 9.50 Å². The molecule has 2 aliphatic rings. The van der Waals surface area contributed by atoms with E-state index in [-0.39, 0.29) is 0 Å². The normalized spacial score (nSPS) is 21.7. The van der Waals surface area contributed by atoms with E-state index in [2.05, 4.69) is 61.8 Å². The van der Waals surface area contributed by atoms with E-state index >= 15 is 0 Å². The van der Waals surface area contributed by atoms with Gasteiger partial charge in [-0.25, -0.2) is 0 Å². The molecule has 2 aliphatic carbocycles. The van der Waals surface area contributed by atoms with Crippen molar-refractivity contribution in [2.24, 2.45) is 0 Å². The van der Waals surface area contributed by atoms with Gasteiger partial charge in [-0.1, -0.05) is 0 Å². The second-order valence-corrected chi connectivity index (χ2v) is 18.8. The maximum atomic E-state index is 6.49. The Labute approximate surface area is 162 Å². The van der Waals surface area contributed by atoms with E-state index in [1.807, 2.05) is 12.1 Å². The van der Waals surface area contributed by atoms with Crippen molar-refractivity contribution < 1.29 is 0 Å². The molecule has 2 aromatic rings. The summed E-state index contributed by atoms with van der Waals surface area (Å²) in [4.78, 5) is 0. The molecule has 3 heteroatoms. The number of allylic oxidation sites excluding steroid dienone is 2. The van der Waals surface area contributed by atoms with Crippen LogP contribution in [0.4, 0.5) is 0 Å². The fraction of sp³-hybridized carbons (Fsp3) is 0.273. The van der Waals surface area contributed by atoms with Crippen LogP contribution in [0.15, 0.2) is 47.5 Å². The van der Waals surface area contributed by atoms with Crippen molar-refractivity contribution in [2.45, 2.75) is 34.9 Å². The Morgan fingerprint density at radius 3 is 1.52 bits per heavy atom. The number of hydrogen-bond acceptors (Lipinski definition) is 0. The summed E-state index contributed by atoms with van der Waals surface area (Å²) in [6.45, 7) is 4.56. The fourth-order valence-corrected chi connectivity index (χ4v) is 16.0. The molecule has 25 heavy (non-hydrogen) atoms. The SMILES string of the molecule is CC1=Cc2c(Cl)cccc2[CH]1[Ge]([CH3])([CH3])[CH]1C(C)=Cc2c(Cl)cccc21. The van der Waals surface area contributed by atoms with Crippen molar-refractivity contribution in [1.82, 2.24) is 0 Å². The summed E-state index contributed by atoms with van der Waals surface area (Å²) in [6, 6.07) is 12.8. The van der Waals surface area contributed by atoms with E-state index in [0.717, 1.165) is 10.0 Å². The molecular weight excluding hydrogens is 408 g/mol. The Balaban J connectivity index is 1.86. The van der Waals surface area contributed by atoms with Crippen LogP contribution in [-0.4, -0.2) is 13.3 Å². The molecule has 2 aromatic carbocycles. The van der Waals surface area contributed by atoms with Gasteiger partial charge in [0, 0.05) is 0 Å². The first kappa shape index (κ1) is 17.5. The van der Waals surface area contributed by atoms with Crippen LogP contribution < -0.4 is 0 Å². The van der Waals surface area contributed by atoms with Crippen molar-refractivity contribution >= 4 is 48.6 Å². The van der Waals surface area contributed by atoms with Crippen LogP contribution >= 0.6 is 23.2 Å². The average Bonchev–Trinajstić information content (AvgIpc) is 3.06. The van der Waals surface area contributed by atoms with Crippen LogP contribution in [0.25, 0.3) is 12.2 Å². The van der Waals surface area contributed by atoms with Crippen molar-refractivity contribution in [2.75, 3.05) is 0 Å². The summed E-state index contributed by atoms with van der Waals surface area (Å²) in [7, 11) is 0. The van der Waals surface area contributed by atoms with Crippen LogP contribution in [0.2, 0.25) is 21.6 Å². The Kier molecular flexibility index (Phi) is 4.22.